The normalized spacial score (nSPS) is 19.1. The average Bonchev–Trinajstić information content (AvgIpc) is 3.06. The van der Waals surface area contributed by atoms with Crippen LogP contribution in [0.15, 0.2) is 51.8 Å². The molecule has 1 aliphatic rings. The first-order valence-electron chi connectivity index (χ1n) is 8.26. The van der Waals surface area contributed by atoms with E-state index in [4.69, 9.17) is 4.42 Å². The molecule has 1 unspecified atom stereocenters. The molecule has 2 aromatic carbocycles. The van der Waals surface area contributed by atoms with Gasteiger partial charge in [-0.15, -0.1) is 0 Å². The van der Waals surface area contributed by atoms with E-state index in [9.17, 15) is 17.2 Å². The highest BCUT2D eigenvalue weighted by atomic mass is 32.2. The number of oxazole rings is 1. The van der Waals surface area contributed by atoms with Crippen LogP contribution in [-0.2, 0) is 10.0 Å². The van der Waals surface area contributed by atoms with Crippen molar-refractivity contribution in [1.82, 2.24) is 9.29 Å². The average molecular weight is 378 g/mol. The quantitative estimate of drug-likeness (QED) is 0.698. The molecule has 0 N–H and O–H groups in total. The second-order valence-corrected chi connectivity index (χ2v) is 8.20. The fraction of sp³-hybridized carbons (Fsp3) is 0.278. The van der Waals surface area contributed by atoms with Crippen molar-refractivity contribution in [3.63, 3.8) is 0 Å². The molecule has 8 heteroatoms. The molecule has 0 amide bonds. The van der Waals surface area contributed by atoms with Gasteiger partial charge in [0.15, 0.2) is 11.5 Å². The molecule has 1 atom stereocenters. The third kappa shape index (κ3) is 2.99. The molecular weight excluding hydrogens is 362 g/mol. The standard InChI is InChI=1S/C18H16F2N2O3S/c19-13-7-8-17(14(20)10-13)26(23,24)22-9-3-4-12(11-22)18-21-15-5-1-2-6-16(15)25-18/h1-2,5-8,10,12H,3-4,9,11H2. The Hall–Kier alpha value is -2.32. The van der Waals surface area contributed by atoms with E-state index < -0.39 is 26.6 Å². The topological polar surface area (TPSA) is 63.4 Å². The second kappa shape index (κ2) is 6.44. The van der Waals surface area contributed by atoms with Crippen molar-refractivity contribution in [2.24, 2.45) is 0 Å². The van der Waals surface area contributed by atoms with Crippen molar-refractivity contribution in [1.29, 1.82) is 0 Å². The number of hydrogen-bond acceptors (Lipinski definition) is 4. The number of halogens is 2. The van der Waals surface area contributed by atoms with Crippen LogP contribution in [0.25, 0.3) is 11.1 Å². The second-order valence-electron chi connectivity index (χ2n) is 6.30. The molecule has 0 radical (unpaired) electrons. The third-order valence-electron chi connectivity index (χ3n) is 4.56. The van der Waals surface area contributed by atoms with Crippen LogP contribution in [0.1, 0.15) is 24.7 Å². The molecule has 4 rings (SSSR count). The Morgan fingerprint density at radius 2 is 1.96 bits per heavy atom. The van der Waals surface area contributed by atoms with Crippen LogP contribution in [0, 0.1) is 11.6 Å². The SMILES string of the molecule is O=S(=O)(c1ccc(F)cc1F)N1CCCC(c2nc3ccccc3o2)C1. The molecule has 26 heavy (non-hydrogen) atoms. The number of rotatable bonds is 3. The predicted molar refractivity (Wildman–Crippen MR) is 91.1 cm³/mol. The van der Waals surface area contributed by atoms with Gasteiger partial charge in [-0.25, -0.2) is 22.2 Å². The maximum absolute atomic E-state index is 14.0. The summed E-state index contributed by atoms with van der Waals surface area (Å²) in [6.45, 7) is 0.419. The lowest BCUT2D eigenvalue weighted by atomic mass is 10.00. The van der Waals surface area contributed by atoms with Crippen LogP contribution in [-0.4, -0.2) is 30.8 Å². The summed E-state index contributed by atoms with van der Waals surface area (Å²) in [6.07, 6.45) is 1.33. The van der Waals surface area contributed by atoms with Crippen molar-refractivity contribution in [2.75, 3.05) is 13.1 Å². The van der Waals surface area contributed by atoms with Gasteiger partial charge in [0, 0.05) is 25.1 Å². The van der Waals surface area contributed by atoms with Gasteiger partial charge in [-0.3, -0.25) is 0 Å². The molecule has 1 fully saturated rings. The van der Waals surface area contributed by atoms with Crippen molar-refractivity contribution in [3.05, 3.63) is 60.0 Å². The largest absolute Gasteiger partial charge is 0.440 e. The fourth-order valence-corrected chi connectivity index (χ4v) is 4.82. The van der Waals surface area contributed by atoms with E-state index in [1.54, 1.807) is 6.07 Å². The molecule has 5 nitrogen and oxygen atoms in total. The number of benzene rings is 2. The Morgan fingerprint density at radius 1 is 1.15 bits per heavy atom. The van der Waals surface area contributed by atoms with Gasteiger partial charge in [0.2, 0.25) is 10.0 Å². The van der Waals surface area contributed by atoms with E-state index in [0.29, 0.717) is 29.5 Å². The number of fused-ring (bicyclic) bond motifs is 1. The predicted octanol–water partition coefficient (Wildman–Crippen LogP) is 3.67. The van der Waals surface area contributed by atoms with Crippen LogP contribution in [0.5, 0.6) is 0 Å². The van der Waals surface area contributed by atoms with Gasteiger partial charge in [0.05, 0.1) is 0 Å². The number of piperidine rings is 1. The van der Waals surface area contributed by atoms with Crippen LogP contribution in [0.4, 0.5) is 8.78 Å². The Morgan fingerprint density at radius 3 is 2.73 bits per heavy atom. The maximum atomic E-state index is 14.0. The lowest BCUT2D eigenvalue weighted by Crippen LogP contribution is -2.39. The van der Waals surface area contributed by atoms with E-state index in [-0.39, 0.29) is 19.0 Å². The highest BCUT2D eigenvalue weighted by Crippen LogP contribution is 2.32. The van der Waals surface area contributed by atoms with Crippen molar-refractivity contribution in [3.8, 4) is 0 Å². The molecule has 1 saturated heterocycles. The van der Waals surface area contributed by atoms with E-state index in [0.717, 1.165) is 18.6 Å². The molecule has 0 spiro atoms. The Labute approximate surface area is 149 Å². The van der Waals surface area contributed by atoms with Gasteiger partial charge in [0.1, 0.15) is 22.0 Å². The van der Waals surface area contributed by atoms with Gasteiger partial charge < -0.3 is 4.42 Å². The van der Waals surface area contributed by atoms with Crippen molar-refractivity contribution < 1.29 is 21.6 Å². The first kappa shape index (κ1) is 17.1. The molecule has 0 bridgehead atoms. The summed E-state index contributed by atoms with van der Waals surface area (Å²) < 4.78 is 59.6. The van der Waals surface area contributed by atoms with Crippen molar-refractivity contribution >= 4 is 21.1 Å². The van der Waals surface area contributed by atoms with E-state index in [1.807, 2.05) is 18.2 Å². The summed E-state index contributed by atoms with van der Waals surface area (Å²) in [7, 11) is -4.06. The smallest absolute Gasteiger partial charge is 0.246 e. The maximum Gasteiger partial charge on any atom is 0.246 e. The van der Waals surface area contributed by atoms with Gasteiger partial charge in [-0.05, 0) is 37.1 Å². The lowest BCUT2D eigenvalue weighted by molar-refractivity contribution is 0.287. The van der Waals surface area contributed by atoms with Crippen molar-refractivity contribution in [2.45, 2.75) is 23.7 Å². The van der Waals surface area contributed by atoms with Gasteiger partial charge in [-0.2, -0.15) is 4.31 Å². The lowest BCUT2D eigenvalue weighted by Gasteiger charge is -2.30. The zero-order valence-electron chi connectivity index (χ0n) is 13.7. The highest BCUT2D eigenvalue weighted by molar-refractivity contribution is 7.89. The Bertz CT molecular complexity index is 1030. The molecular formula is C18H16F2N2O3S. The minimum atomic E-state index is -4.06. The summed E-state index contributed by atoms with van der Waals surface area (Å²) in [6, 6.07) is 9.80. The van der Waals surface area contributed by atoms with E-state index in [2.05, 4.69) is 4.98 Å². The molecule has 2 heterocycles. The summed E-state index contributed by atoms with van der Waals surface area (Å²) >= 11 is 0. The number of nitrogens with zero attached hydrogens (tertiary/aromatic N) is 2. The molecule has 1 aromatic heterocycles. The van der Waals surface area contributed by atoms with Gasteiger partial charge in [0.25, 0.3) is 0 Å². The zero-order chi connectivity index (χ0) is 18.3. The third-order valence-corrected chi connectivity index (χ3v) is 6.45. The number of aromatic nitrogens is 1. The molecule has 1 aliphatic heterocycles. The van der Waals surface area contributed by atoms with E-state index >= 15 is 0 Å². The van der Waals surface area contributed by atoms with Crippen LogP contribution in [0.2, 0.25) is 0 Å². The van der Waals surface area contributed by atoms with Crippen LogP contribution in [0.3, 0.4) is 0 Å². The number of sulfonamides is 1. The minimum absolute atomic E-state index is 0.145. The number of hydrogen-bond donors (Lipinski definition) is 0. The summed E-state index contributed by atoms with van der Waals surface area (Å²) in [5.74, 6) is -1.64. The fourth-order valence-electron chi connectivity index (χ4n) is 3.25. The molecule has 0 aliphatic carbocycles. The first-order chi connectivity index (χ1) is 12.4. The highest BCUT2D eigenvalue weighted by Gasteiger charge is 2.34. The summed E-state index contributed by atoms with van der Waals surface area (Å²) in [5, 5.41) is 0. The first-order valence-corrected chi connectivity index (χ1v) is 9.70. The number of para-hydroxylation sites is 2. The van der Waals surface area contributed by atoms with Gasteiger partial charge >= 0.3 is 0 Å². The Kier molecular flexibility index (Phi) is 4.24. The van der Waals surface area contributed by atoms with Gasteiger partial charge in [-0.1, -0.05) is 12.1 Å². The molecule has 0 saturated carbocycles. The summed E-state index contributed by atoms with van der Waals surface area (Å²) in [5.41, 5.74) is 1.36. The minimum Gasteiger partial charge on any atom is -0.440 e. The van der Waals surface area contributed by atoms with Crippen LogP contribution < -0.4 is 0 Å². The zero-order valence-corrected chi connectivity index (χ0v) is 14.5. The molecule has 136 valence electrons. The Balaban J connectivity index is 1.63. The van der Waals surface area contributed by atoms with Crippen LogP contribution >= 0.6 is 0 Å². The van der Waals surface area contributed by atoms with E-state index in [1.165, 1.54) is 4.31 Å². The molecule has 3 aromatic rings. The summed E-state index contributed by atoms with van der Waals surface area (Å²) in [4.78, 5) is 3.93. The monoisotopic (exact) mass is 378 g/mol.